The molecule has 0 unspecified atom stereocenters. The quantitative estimate of drug-likeness (QED) is 0.325. The van der Waals surface area contributed by atoms with Gasteiger partial charge in [-0.2, -0.15) is 18.4 Å². The first-order valence-corrected chi connectivity index (χ1v) is 8.69. The summed E-state index contributed by atoms with van der Waals surface area (Å²) in [6.45, 7) is 2.23. The Labute approximate surface area is 185 Å². The molecule has 2 rings (SSSR count). The normalized spacial score (nSPS) is 11.2. The highest BCUT2D eigenvalue weighted by Crippen LogP contribution is 2.19. The van der Waals surface area contributed by atoms with Crippen LogP contribution >= 0.6 is 24.0 Å². The zero-order valence-electron chi connectivity index (χ0n) is 15.8. The van der Waals surface area contributed by atoms with Crippen molar-refractivity contribution in [3.63, 3.8) is 0 Å². The van der Waals surface area contributed by atoms with Gasteiger partial charge >= 0.3 is 6.18 Å². The van der Waals surface area contributed by atoms with E-state index in [1.54, 1.807) is 24.3 Å². The molecule has 0 amide bonds. The first kappa shape index (κ1) is 24.6. The van der Waals surface area contributed by atoms with Gasteiger partial charge in [-0.3, -0.25) is 0 Å². The molecule has 2 aromatic carbocycles. The maximum absolute atomic E-state index is 12.2. The van der Waals surface area contributed by atoms with Crippen LogP contribution in [0.4, 0.5) is 13.2 Å². The van der Waals surface area contributed by atoms with Crippen molar-refractivity contribution in [1.29, 1.82) is 5.26 Å². The number of nitrogens with one attached hydrogen (secondary N) is 2. The molecule has 0 aliphatic heterocycles. The third kappa shape index (κ3) is 9.51. The van der Waals surface area contributed by atoms with Gasteiger partial charge in [0, 0.05) is 13.1 Å². The predicted octanol–water partition coefficient (Wildman–Crippen LogP) is 4.37. The maximum Gasteiger partial charge on any atom is 0.422 e. The van der Waals surface area contributed by atoms with E-state index in [2.05, 4.69) is 26.4 Å². The van der Waals surface area contributed by atoms with Crippen LogP contribution in [0, 0.1) is 11.3 Å². The molecule has 0 heterocycles. The number of aliphatic imine (C=N–C) groups is 1. The van der Waals surface area contributed by atoms with Gasteiger partial charge in [-0.25, -0.2) is 4.99 Å². The minimum atomic E-state index is -4.36. The number of rotatable bonds is 7. The molecular weight excluding hydrogens is 496 g/mol. The monoisotopic (exact) mass is 518 g/mol. The van der Waals surface area contributed by atoms with E-state index in [-0.39, 0.29) is 29.7 Å². The van der Waals surface area contributed by atoms with Crippen molar-refractivity contribution in [3.05, 3.63) is 65.2 Å². The van der Waals surface area contributed by atoms with E-state index in [4.69, 9.17) is 5.26 Å². The summed E-state index contributed by atoms with van der Waals surface area (Å²) < 4.78 is 41.2. The lowest BCUT2D eigenvalue weighted by molar-refractivity contribution is -0.153. The molecule has 0 saturated heterocycles. The van der Waals surface area contributed by atoms with Crippen molar-refractivity contribution < 1.29 is 17.9 Å². The molecule has 0 aromatic heterocycles. The third-order valence-electron chi connectivity index (χ3n) is 3.63. The van der Waals surface area contributed by atoms with Crippen LogP contribution in [0.3, 0.4) is 0 Å². The van der Waals surface area contributed by atoms with Crippen LogP contribution in [0.15, 0.2) is 53.5 Å². The Balaban J connectivity index is 0.00000420. The summed E-state index contributed by atoms with van der Waals surface area (Å²) in [5.41, 5.74) is 2.46. The fraction of sp³-hybridized carbons (Fsp3) is 0.300. The maximum atomic E-state index is 12.2. The Bertz CT molecular complexity index is 816. The van der Waals surface area contributed by atoms with E-state index in [1.165, 1.54) is 12.1 Å². The number of hydrogen-bond donors (Lipinski definition) is 2. The van der Waals surface area contributed by atoms with Crippen molar-refractivity contribution in [2.75, 3.05) is 13.2 Å². The summed E-state index contributed by atoms with van der Waals surface area (Å²) in [7, 11) is 0. The molecule has 9 heteroatoms. The van der Waals surface area contributed by atoms with Gasteiger partial charge in [-0.15, -0.1) is 24.0 Å². The van der Waals surface area contributed by atoms with Gasteiger partial charge in [-0.05, 0) is 42.3 Å². The van der Waals surface area contributed by atoms with Gasteiger partial charge in [0.25, 0.3) is 0 Å². The highest BCUT2D eigenvalue weighted by atomic mass is 127. The Morgan fingerprint density at radius 2 is 1.66 bits per heavy atom. The second kappa shape index (κ2) is 12.2. The van der Waals surface area contributed by atoms with Gasteiger partial charge in [0.05, 0.1) is 18.2 Å². The topological polar surface area (TPSA) is 69.4 Å². The Morgan fingerprint density at radius 1 is 1.03 bits per heavy atom. The summed E-state index contributed by atoms with van der Waals surface area (Å²) >= 11 is 0. The van der Waals surface area contributed by atoms with Crippen molar-refractivity contribution in [2.24, 2.45) is 4.99 Å². The van der Waals surface area contributed by atoms with E-state index in [0.717, 1.165) is 11.1 Å². The molecule has 2 N–H and O–H groups in total. The molecule has 0 spiro atoms. The number of hydrogen-bond acceptors (Lipinski definition) is 3. The molecule has 2 aromatic rings. The van der Waals surface area contributed by atoms with E-state index in [9.17, 15) is 13.2 Å². The lowest BCUT2D eigenvalue weighted by Gasteiger charge is -2.12. The second-order valence-corrected chi connectivity index (χ2v) is 5.91. The molecule has 0 aliphatic rings. The minimum absolute atomic E-state index is 0. The van der Waals surface area contributed by atoms with Crippen molar-refractivity contribution in [3.8, 4) is 11.8 Å². The number of halogens is 4. The Kier molecular flexibility index (Phi) is 10.3. The first-order chi connectivity index (χ1) is 13.4. The molecule has 0 fully saturated rings. The molecule has 0 aliphatic carbocycles. The van der Waals surface area contributed by atoms with Crippen LogP contribution in [0.2, 0.25) is 0 Å². The zero-order chi connectivity index (χ0) is 20.4. The molecule has 0 saturated carbocycles. The van der Waals surface area contributed by atoms with Crippen molar-refractivity contribution >= 4 is 29.9 Å². The average molecular weight is 518 g/mol. The molecular formula is C20H22F3IN4O. The smallest absolute Gasteiger partial charge is 0.422 e. The summed E-state index contributed by atoms with van der Waals surface area (Å²) in [4.78, 5) is 4.47. The van der Waals surface area contributed by atoms with Crippen molar-refractivity contribution in [2.45, 2.75) is 26.2 Å². The van der Waals surface area contributed by atoms with Crippen molar-refractivity contribution in [1.82, 2.24) is 10.6 Å². The van der Waals surface area contributed by atoms with Gasteiger partial charge in [0.1, 0.15) is 5.75 Å². The predicted molar refractivity (Wildman–Crippen MR) is 116 cm³/mol. The summed E-state index contributed by atoms with van der Waals surface area (Å²) in [6, 6.07) is 15.7. The fourth-order valence-electron chi connectivity index (χ4n) is 2.25. The number of alkyl halides is 3. The SMILES string of the molecule is CCNC(=NCc1ccc(OCC(F)(F)F)cc1)NCc1ccc(C#N)cc1.I. The summed E-state index contributed by atoms with van der Waals surface area (Å²) in [5, 5.41) is 15.2. The number of guanidine groups is 1. The summed E-state index contributed by atoms with van der Waals surface area (Å²) in [5.74, 6) is 0.778. The van der Waals surface area contributed by atoms with Crippen LogP contribution in [0.1, 0.15) is 23.6 Å². The number of nitriles is 1. The van der Waals surface area contributed by atoms with Gasteiger partial charge in [0.15, 0.2) is 12.6 Å². The number of benzene rings is 2. The van der Waals surface area contributed by atoms with Gasteiger partial charge in [0.2, 0.25) is 0 Å². The second-order valence-electron chi connectivity index (χ2n) is 5.91. The van der Waals surface area contributed by atoms with Crippen LogP contribution in [-0.4, -0.2) is 25.3 Å². The standard InChI is InChI=1S/C20H21F3N4O.HI/c1-2-25-19(26-12-16-5-3-15(11-24)4-6-16)27-13-17-7-9-18(10-8-17)28-14-20(21,22)23;/h3-10H,2,12-14H2,1H3,(H2,25,26,27);1H. The lowest BCUT2D eigenvalue weighted by atomic mass is 10.1. The molecule has 0 atom stereocenters. The van der Waals surface area contributed by atoms with Crippen LogP contribution in [0.5, 0.6) is 5.75 Å². The molecule has 5 nitrogen and oxygen atoms in total. The van der Waals surface area contributed by atoms with Crippen LogP contribution < -0.4 is 15.4 Å². The number of ether oxygens (including phenoxy) is 1. The number of nitrogens with zero attached hydrogens (tertiary/aromatic N) is 2. The highest BCUT2D eigenvalue weighted by molar-refractivity contribution is 14.0. The Morgan fingerprint density at radius 3 is 2.21 bits per heavy atom. The first-order valence-electron chi connectivity index (χ1n) is 8.69. The zero-order valence-corrected chi connectivity index (χ0v) is 18.1. The molecule has 0 bridgehead atoms. The largest absolute Gasteiger partial charge is 0.484 e. The summed E-state index contributed by atoms with van der Waals surface area (Å²) in [6.07, 6.45) is -4.36. The lowest BCUT2D eigenvalue weighted by Crippen LogP contribution is -2.36. The van der Waals surface area contributed by atoms with E-state index >= 15 is 0 Å². The minimum Gasteiger partial charge on any atom is -0.484 e. The molecule has 0 radical (unpaired) electrons. The molecule has 29 heavy (non-hydrogen) atoms. The highest BCUT2D eigenvalue weighted by Gasteiger charge is 2.28. The third-order valence-corrected chi connectivity index (χ3v) is 3.63. The fourth-order valence-corrected chi connectivity index (χ4v) is 2.25. The van der Waals surface area contributed by atoms with Crippen LogP contribution in [-0.2, 0) is 13.1 Å². The average Bonchev–Trinajstić information content (AvgIpc) is 2.69. The van der Waals surface area contributed by atoms with Gasteiger partial charge in [-0.1, -0.05) is 24.3 Å². The van der Waals surface area contributed by atoms with E-state index < -0.39 is 12.8 Å². The molecule has 156 valence electrons. The van der Waals surface area contributed by atoms with E-state index in [0.29, 0.717) is 31.2 Å². The van der Waals surface area contributed by atoms with Crippen LogP contribution in [0.25, 0.3) is 0 Å². The van der Waals surface area contributed by atoms with Gasteiger partial charge < -0.3 is 15.4 Å². The van der Waals surface area contributed by atoms with E-state index in [1.807, 2.05) is 19.1 Å². The Hall–Kier alpha value is -2.48.